The zero-order valence-electron chi connectivity index (χ0n) is 9.40. The maximum atomic E-state index is 13.5. The van der Waals surface area contributed by atoms with Crippen LogP contribution in [0.4, 0.5) is 10.2 Å². The molecule has 2 aromatic rings. The number of rotatable bonds is 3. The second kappa shape index (κ2) is 5.27. The molecule has 0 amide bonds. The fraction of sp³-hybridized carbons (Fsp3) is 0.154. The molecule has 0 N–H and O–H groups in total. The third-order valence-electron chi connectivity index (χ3n) is 2.46. The molecule has 1 heterocycles. The van der Waals surface area contributed by atoms with Crippen LogP contribution in [0.2, 0.25) is 0 Å². The van der Waals surface area contributed by atoms with Gasteiger partial charge in [0.25, 0.3) is 0 Å². The molecule has 0 aliphatic rings. The monoisotopic (exact) mass is 294 g/mol. The topological polar surface area (TPSA) is 16.1 Å². The maximum absolute atomic E-state index is 13.5. The van der Waals surface area contributed by atoms with Gasteiger partial charge in [-0.1, -0.05) is 24.3 Å². The van der Waals surface area contributed by atoms with Gasteiger partial charge in [-0.25, -0.2) is 9.37 Å². The number of nitrogens with zero attached hydrogens (tertiary/aromatic N) is 2. The van der Waals surface area contributed by atoms with Gasteiger partial charge >= 0.3 is 0 Å². The molecule has 0 atom stereocenters. The summed E-state index contributed by atoms with van der Waals surface area (Å²) in [5, 5.41) is 0. The van der Waals surface area contributed by atoms with E-state index < -0.39 is 0 Å². The SMILES string of the molecule is CN(Cc1ccccc1F)c1cccc(Br)n1. The first-order chi connectivity index (χ1) is 8.16. The van der Waals surface area contributed by atoms with Crippen LogP contribution < -0.4 is 4.90 Å². The molecule has 0 fully saturated rings. The van der Waals surface area contributed by atoms with Crippen LogP contribution >= 0.6 is 15.9 Å². The Morgan fingerprint density at radius 2 is 1.94 bits per heavy atom. The van der Waals surface area contributed by atoms with Crippen LogP contribution in [-0.4, -0.2) is 12.0 Å². The van der Waals surface area contributed by atoms with Gasteiger partial charge < -0.3 is 4.90 Å². The average Bonchev–Trinajstić information content (AvgIpc) is 2.32. The van der Waals surface area contributed by atoms with E-state index in [9.17, 15) is 4.39 Å². The summed E-state index contributed by atoms with van der Waals surface area (Å²) in [5.41, 5.74) is 0.664. The number of hydrogen-bond donors (Lipinski definition) is 0. The number of benzene rings is 1. The van der Waals surface area contributed by atoms with Crippen molar-refractivity contribution in [3.63, 3.8) is 0 Å². The first-order valence-electron chi connectivity index (χ1n) is 5.24. The summed E-state index contributed by atoms with van der Waals surface area (Å²) in [4.78, 5) is 6.23. The van der Waals surface area contributed by atoms with Crippen LogP contribution in [0.3, 0.4) is 0 Å². The van der Waals surface area contributed by atoms with E-state index in [2.05, 4.69) is 20.9 Å². The molecule has 0 bridgehead atoms. The standard InChI is InChI=1S/C13H12BrFN2/c1-17(13-8-4-7-12(14)16-13)9-10-5-2-3-6-11(10)15/h2-8H,9H2,1H3. The normalized spacial score (nSPS) is 10.3. The molecule has 0 saturated heterocycles. The lowest BCUT2D eigenvalue weighted by Crippen LogP contribution is -2.18. The van der Waals surface area contributed by atoms with E-state index in [1.807, 2.05) is 36.2 Å². The van der Waals surface area contributed by atoms with Crippen molar-refractivity contribution in [1.82, 2.24) is 4.98 Å². The lowest BCUT2D eigenvalue weighted by Gasteiger charge is -2.18. The van der Waals surface area contributed by atoms with Crippen LogP contribution in [-0.2, 0) is 6.54 Å². The molecule has 1 aromatic carbocycles. The van der Waals surface area contributed by atoms with E-state index in [0.717, 1.165) is 10.4 Å². The van der Waals surface area contributed by atoms with E-state index in [1.165, 1.54) is 6.07 Å². The van der Waals surface area contributed by atoms with Crippen molar-refractivity contribution in [3.05, 3.63) is 58.4 Å². The number of aromatic nitrogens is 1. The van der Waals surface area contributed by atoms with Crippen molar-refractivity contribution in [2.24, 2.45) is 0 Å². The number of pyridine rings is 1. The predicted octanol–water partition coefficient (Wildman–Crippen LogP) is 3.62. The molecule has 2 nitrogen and oxygen atoms in total. The van der Waals surface area contributed by atoms with E-state index in [-0.39, 0.29) is 5.82 Å². The van der Waals surface area contributed by atoms with Gasteiger partial charge in [-0.2, -0.15) is 0 Å². The van der Waals surface area contributed by atoms with Gasteiger partial charge in [-0.05, 0) is 34.1 Å². The third kappa shape index (κ3) is 3.03. The van der Waals surface area contributed by atoms with Crippen LogP contribution in [0, 0.1) is 5.82 Å². The Kier molecular flexibility index (Phi) is 3.74. The largest absolute Gasteiger partial charge is 0.355 e. The molecule has 17 heavy (non-hydrogen) atoms. The fourth-order valence-electron chi connectivity index (χ4n) is 1.57. The quantitative estimate of drug-likeness (QED) is 0.804. The summed E-state index contributed by atoms with van der Waals surface area (Å²) >= 11 is 3.32. The number of hydrogen-bond acceptors (Lipinski definition) is 2. The van der Waals surface area contributed by atoms with E-state index in [4.69, 9.17) is 0 Å². The minimum Gasteiger partial charge on any atom is -0.355 e. The number of halogens is 2. The van der Waals surface area contributed by atoms with Gasteiger partial charge in [0.15, 0.2) is 0 Å². The first-order valence-corrected chi connectivity index (χ1v) is 6.03. The van der Waals surface area contributed by atoms with E-state index >= 15 is 0 Å². The van der Waals surface area contributed by atoms with Crippen molar-refractivity contribution >= 4 is 21.7 Å². The Balaban J connectivity index is 2.17. The summed E-state index contributed by atoms with van der Waals surface area (Å²) in [6.45, 7) is 0.496. The summed E-state index contributed by atoms with van der Waals surface area (Å²) in [7, 11) is 1.89. The second-order valence-corrected chi connectivity index (χ2v) is 4.58. The first kappa shape index (κ1) is 12.0. The second-order valence-electron chi connectivity index (χ2n) is 3.77. The molecule has 1 aromatic heterocycles. The van der Waals surface area contributed by atoms with E-state index in [1.54, 1.807) is 12.1 Å². The highest BCUT2D eigenvalue weighted by molar-refractivity contribution is 9.10. The van der Waals surface area contributed by atoms with Gasteiger partial charge in [-0.15, -0.1) is 0 Å². The highest BCUT2D eigenvalue weighted by Gasteiger charge is 2.07. The Hall–Kier alpha value is -1.42. The van der Waals surface area contributed by atoms with Crippen LogP contribution in [0.25, 0.3) is 0 Å². The molecule has 2 rings (SSSR count). The van der Waals surface area contributed by atoms with Gasteiger partial charge in [0.05, 0.1) is 0 Å². The summed E-state index contributed by atoms with van der Waals surface area (Å²) in [5.74, 6) is 0.622. The molecule has 0 aliphatic carbocycles. The molecule has 0 spiro atoms. The van der Waals surface area contributed by atoms with Crippen molar-refractivity contribution in [3.8, 4) is 0 Å². The Bertz CT molecular complexity index is 516. The van der Waals surface area contributed by atoms with E-state index in [0.29, 0.717) is 12.1 Å². The molecule has 0 saturated carbocycles. The molecule has 4 heteroatoms. The minimum absolute atomic E-state index is 0.186. The van der Waals surface area contributed by atoms with Crippen molar-refractivity contribution < 1.29 is 4.39 Å². The van der Waals surface area contributed by atoms with Gasteiger partial charge in [0.1, 0.15) is 16.2 Å². The molecule has 0 aliphatic heterocycles. The molecule has 0 radical (unpaired) electrons. The zero-order chi connectivity index (χ0) is 12.3. The molecular formula is C13H12BrFN2. The summed E-state index contributed by atoms with van der Waals surface area (Å²) < 4.78 is 14.3. The Morgan fingerprint density at radius 3 is 2.65 bits per heavy atom. The van der Waals surface area contributed by atoms with Crippen LogP contribution in [0.1, 0.15) is 5.56 Å². The maximum Gasteiger partial charge on any atom is 0.129 e. The van der Waals surface area contributed by atoms with Gasteiger partial charge in [-0.3, -0.25) is 0 Å². The van der Waals surface area contributed by atoms with Crippen molar-refractivity contribution in [2.75, 3.05) is 11.9 Å². The zero-order valence-corrected chi connectivity index (χ0v) is 11.0. The fourth-order valence-corrected chi connectivity index (χ4v) is 1.91. The third-order valence-corrected chi connectivity index (χ3v) is 2.90. The van der Waals surface area contributed by atoms with Crippen molar-refractivity contribution in [1.29, 1.82) is 0 Å². The minimum atomic E-state index is -0.186. The van der Waals surface area contributed by atoms with Crippen LogP contribution in [0.5, 0.6) is 0 Å². The lowest BCUT2D eigenvalue weighted by atomic mass is 10.2. The number of anilines is 1. The summed E-state index contributed by atoms with van der Waals surface area (Å²) in [6.07, 6.45) is 0. The van der Waals surface area contributed by atoms with Crippen LogP contribution in [0.15, 0.2) is 47.1 Å². The molecule has 88 valence electrons. The lowest BCUT2D eigenvalue weighted by molar-refractivity contribution is 0.607. The van der Waals surface area contributed by atoms with Crippen molar-refractivity contribution in [2.45, 2.75) is 6.54 Å². The summed E-state index contributed by atoms with van der Waals surface area (Å²) in [6, 6.07) is 12.4. The Morgan fingerprint density at radius 1 is 1.18 bits per heavy atom. The molecule has 0 unspecified atom stereocenters. The highest BCUT2D eigenvalue weighted by Crippen LogP contribution is 2.17. The average molecular weight is 295 g/mol. The van der Waals surface area contributed by atoms with Gasteiger partial charge in [0, 0.05) is 19.2 Å². The van der Waals surface area contributed by atoms with Gasteiger partial charge in [0.2, 0.25) is 0 Å². The Labute approximate surface area is 108 Å². The highest BCUT2D eigenvalue weighted by atomic mass is 79.9. The smallest absolute Gasteiger partial charge is 0.129 e. The molecular weight excluding hydrogens is 283 g/mol. The predicted molar refractivity (Wildman–Crippen MR) is 70.4 cm³/mol.